The fourth-order valence-electron chi connectivity index (χ4n) is 4.46. The van der Waals surface area contributed by atoms with Crippen molar-refractivity contribution in [1.29, 1.82) is 0 Å². The summed E-state index contributed by atoms with van der Waals surface area (Å²) in [7, 11) is 0. The predicted molar refractivity (Wildman–Crippen MR) is 149 cm³/mol. The third-order valence-corrected chi connectivity index (χ3v) is 6.62. The lowest BCUT2D eigenvalue weighted by atomic mass is 10.0. The van der Waals surface area contributed by atoms with E-state index in [1.54, 1.807) is 42.6 Å². The highest BCUT2D eigenvalue weighted by Gasteiger charge is 2.36. The molecule has 12 nitrogen and oxygen atoms in total. The number of nitrogens with zero attached hydrogens (tertiary/aromatic N) is 2. The Labute approximate surface area is 236 Å². The Balaban J connectivity index is 1.23. The van der Waals surface area contributed by atoms with Crippen LogP contribution in [-0.2, 0) is 14.3 Å². The Kier molecular flexibility index (Phi) is 9.84. The number of carboxylic acids is 1. The zero-order valence-electron chi connectivity index (χ0n) is 22.1. The van der Waals surface area contributed by atoms with Gasteiger partial charge in [0.25, 0.3) is 5.91 Å². The highest BCUT2D eigenvalue weighted by atomic mass is 16.5. The van der Waals surface area contributed by atoms with Gasteiger partial charge in [-0.05, 0) is 41.8 Å². The first kappa shape index (κ1) is 29.0. The average molecular weight is 562 g/mol. The summed E-state index contributed by atoms with van der Waals surface area (Å²) in [6.45, 7) is -0.327. The Hall–Kier alpha value is -4.97. The van der Waals surface area contributed by atoms with E-state index in [0.29, 0.717) is 18.8 Å². The van der Waals surface area contributed by atoms with E-state index < -0.39 is 36.0 Å². The van der Waals surface area contributed by atoms with Crippen LogP contribution in [0.4, 0.5) is 10.6 Å². The average Bonchev–Trinajstić information content (AvgIpc) is 3.41. The number of benzene rings is 2. The van der Waals surface area contributed by atoms with Crippen LogP contribution in [0.25, 0.3) is 11.1 Å². The van der Waals surface area contributed by atoms with Gasteiger partial charge in [0.15, 0.2) is 0 Å². The number of aromatic nitrogens is 1. The third-order valence-electron chi connectivity index (χ3n) is 6.62. The van der Waals surface area contributed by atoms with Crippen molar-refractivity contribution in [2.24, 2.45) is 0 Å². The molecule has 4 rings (SSSR count). The maximum Gasteiger partial charge on any atom is 0.407 e. The summed E-state index contributed by atoms with van der Waals surface area (Å²) in [6.07, 6.45) is 0.389. The summed E-state index contributed by atoms with van der Waals surface area (Å²) in [5, 5.41) is 27.1. The monoisotopic (exact) mass is 561 g/mol. The number of hydrogen-bond donors (Lipinski definition) is 5. The largest absolute Gasteiger partial charge is 0.480 e. The number of aliphatic carboxylic acids is 1. The van der Waals surface area contributed by atoms with Crippen LogP contribution in [0.2, 0.25) is 0 Å². The summed E-state index contributed by atoms with van der Waals surface area (Å²) in [4.78, 5) is 53.8. The molecule has 41 heavy (non-hydrogen) atoms. The Morgan fingerprint density at radius 1 is 0.951 bits per heavy atom. The van der Waals surface area contributed by atoms with Crippen molar-refractivity contribution < 1.29 is 34.1 Å². The van der Waals surface area contributed by atoms with Gasteiger partial charge in [-0.3, -0.25) is 9.59 Å². The molecular formula is C29H31N5O7. The molecule has 2 heterocycles. The van der Waals surface area contributed by atoms with Crippen LogP contribution in [0.15, 0.2) is 79.0 Å². The summed E-state index contributed by atoms with van der Waals surface area (Å²) < 4.78 is 5.62. The number of hydrogen-bond acceptors (Lipinski definition) is 7. The van der Waals surface area contributed by atoms with Crippen molar-refractivity contribution in [3.63, 3.8) is 0 Å². The highest BCUT2D eigenvalue weighted by molar-refractivity contribution is 5.97. The number of carbonyl (C=O) groups excluding carboxylic acids is 2. The van der Waals surface area contributed by atoms with Gasteiger partial charge in [0.05, 0.1) is 18.7 Å². The molecule has 0 radical (unpaired) electrons. The van der Waals surface area contributed by atoms with Crippen molar-refractivity contribution >= 4 is 29.7 Å². The number of ether oxygens (including phenoxy) is 1. The number of likely N-dealkylation sites (tertiary alicyclic amines) is 1. The number of pyridine rings is 1. The number of anilines is 1. The molecule has 1 aliphatic rings. The maximum atomic E-state index is 12.6. The van der Waals surface area contributed by atoms with Gasteiger partial charge >= 0.3 is 12.1 Å². The minimum Gasteiger partial charge on any atom is -0.480 e. The maximum absolute atomic E-state index is 12.6. The van der Waals surface area contributed by atoms with Gasteiger partial charge in [0.1, 0.15) is 18.5 Å². The van der Waals surface area contributed by atoms with Gasteiger partial charge in [-0.25, -0.2) is 14.6 Å². The Bertz CT molecular complexity index is 1340. The quantitative estimate of drug-likeness (QED) is 0.223. The zero-order valence-corrected chi connectivity index (χ0v) is 22.1. The third kappa shape index (κ3) is 8.26. The number of amides is 3. The van der Waals surface area contributed by atoms with E-state index >= 15 is 0 Å². The lowest BCUT2D eigenvalue weighted by Gasteiger charge is -2.21. The molecule has 3 aromatic rings. The van der Waals surface area contributed by atoms with Crippen LogP contribution in [-0.4, -0.2) is 88.4 Å². The second kappa shape index (κ2) is 13.9. The van der Waals surface area contributed by atoms with Crippen molar-refractivity contribution in [2.45, 2.75) is 24.6 Å². The second-order valence-electron chi connectivity index (χ2n) is 9.47. The molecule has 1 saturated heterocycles. The van der Waals surface area contributed by atoms with E-state index in [2.05, 4.69) is 20.9 Å². The minimum atomic E-state index is -1.36. The molecule has 0 bridgehead atoms. The van der Waals surface area contributed by atoms with Crippen LogP contribution in [0.5, 0.6) is 0 Å². The van der Waals surface area contributed by atoms with E-state index in [0.717, 1.165) is 11.1 Å². The standard InChI is InChI=1S/C29H31N5O7/c35-26(18-41-23-14-22(34(17-23)29(39)40)15-31-25-8-4-5-13-30-25)32-16-24(28(37)38)33-27(36)21-11-9-20(10-12-21)19-6-2-1-3-7-19/h1-13,22-24H,14-18H2,(H,30,31)(H,32,35)(H,33,36)(H,37,38)(H,39,40). The van der Waals surface area contributed by atoms with Crippen molar-refractivity contribution in [2.75, 3.05) is 31.6 Å². The highest BCUT2D eigenvalue weighted by Crippen LogP contribution is 2.21. The molecule has 1 aromatic heterocycles. The first-order valence-electron chi connectivity index (χ1n) is 13.0. The lowest BCUT2D eigenvalue weighted by molar-refractivity contribution is -0.139. The van der Waals surface area contributed by atoms with E-state index in [1.807, 2.05) is 36.4 Å². The summed E-state index contributed by atoms with van der Waals surface area (Å²) in [5.74, 6) is -1.87. The molecule has 2 aromatic carbocycles. The first-order chi connectivity index (χ1) is 19.8. The Morgan fingerprint density at radius 2 is 1.66 bits per heavy atom. The number of nitrogens with one attached hydrogen (secondary N) is 3. The van der Waals surface area contributed by atoms with Crippen molar-refractivity contribution in [1.82, 2.24) is 20.5 Å². The minimum absolute atomic E-state index is 0.0913. The molecule has 3 unspecified atom stereocenters. The fourth-order valence-corrected chi connectivity index (χ4v) is 4.46. The normalized spacial score (nSPS) is 16.9. The van der Waals surface area contributed by atoms with Gasteiger partial charge in [0, 0.05) is 24.8 Å². The first-order valence-corrected chi connectivity index (χ1v) is 13.0. The molecule has 0 spiro atoms. The van der Waals surface area contributed by atoms with Gasteiger partial charge < -0.3 is 35.8 Å². The van der Waals surface area contributed by atoms with Crippen LogP contribution in [0, 0.1) is 0 Å². The topological polar surface area (TPSA) is 170 Å². The van der Waals surface area contributed by atoms with Crippen molar-refractivity contribution in [3.8, 4) is 11.1 Å². The second-order valence-corrected chi connectivity index (χ2v) is 9.47. The van der Waals surface area contributed by atoms with E-state index in [-0.39, 0.29) is 31.3 Å². The molecule has 0 aliphatic carbocycles. The molecule has 5 N–H and O–H groups in total. The molecular weight excluding hydrogens is 530 g/mol. The zero-order chi connectivity index (χ0) is 29.2. The SMILES string of the molecule is O=C(COC1CC(CNc2ccccn2)N(C(=O)O)C1)NCC(NC(=O)c1ccc(-c2ccccc2)cc1)C(=O)O. The van der Waals surface area contributed by atoms with E-state index in [4.69, 9.17) is 4.74 Å². The summed E-state index contributed by atoms with van der Waals surface area (Å²) in [5.41, 5.74) is 2.17. The van der Waals surface area contributed by atoms with Gasteiger partial charge in [0.2, 0.25) is 5.91 Å². The molecule has 3 atom stereocenters. The van der Waals surface area contributed by atoms with Gasteiger partial charge in [-0.15, -0.1) is 0 Å². The predicted octanol–water partition coefficient (Wildman–Crippen LogP) is 2.30. The summed E-state index contributed by atoms with van der Waals surface area (Å²) >= 11 is 0. The number of carbonyl (C=O) groups is 4. The van der Waals surface area contributed by atoms with E-state index in [9.17, 15) is 29.4 Å². The number of rotatable bonds is 12. The molecule has 0 saturated carbocycles. The van der Waals surface area contributed by atoms with Gasteiger partial charge in [-0.1, -0.05) is 48.5 Å². The molecule has 1 fully saturated rings. The van der Waals surface area contributed by atoms with Crippen LogP contribution in [0.3, 0.4) is 0 Å². The summed E-state index contributed by atoms with van der Waals surface area (Å²) in [6, 6.07) is 20.0. The molecule has 3 amide bonds. The van der Waals surface area contributed by atoms with Crippen LogP contribution < -0.4 is 16.0 Å². The molecule has 1 aliphatic heterocycles. The van der Waals surface area contributed by atoms with Crippen molar-refractivity contribution in [3.05, 3.63) is 84.6 Å². The van der Waals surface area contributed by atoms with Crippen LogP contribution >= 0.6 is 0 Å². The molecule has 214 valence electrons. The van der Waals surface area contributed by atoms with E-state index in [1.165, 1.54) is 4.90 Å². The fraction of sp³-hybridized carbons (Fsp3) is 0.276. The Morgan fingerprint density at radius 3 is 2.32 bits per heavy atom. The smallest absolute Gasteiger partial charge is 0.407 e. The van der Waals surface area contributed by atoms with Crippen LogP contribution in [0.1, 0.15) is 16.8 Å². The van der Waals surface area contributed by atoms with Gasteiger partial charge in [-0.2, -0.15) is 0 Å². The number of carboxylic acid groups (broad SMARTS) is 2. The molecule has 12 heteroatoms. The lowest BCUT2D eigenvalue weighted by Crippen LogP contribution is -2.49.